The van der Waals surface area contributed by atoms with Gasteiger partial charge in [-0.15, -0.1) is 0 Å². The maximum Gasteiger partial charge on any atom is 0.103 e. The van der Waals surface area contributed by atoms with Crippen LogP contribution in [0.15, 0.2) is 47.1 Å². The predicted octanol–water partition coefficient (Wildman–Crippen LogP) is 4.56. The van der Waals surface area contributed by atoms with Crippen LogP contribution in [0.5, 0.6) is 0 Å². The first kappa shape index (κ1) is 14.6. The van der Waals surface area contributed by atoms with E-state index in [9.17, 15) is 0 Å². The molecule has 0 aliphatic carbocycles. The second kappa shape index (κ2) is 7.10. The molecule has 0 radical (unpaired) electrons. The smallest absolute Gasteiger partial charge is 0.103 e. The number of furan rings is 1. The average molecular weight is 369 g/mol. The molecule has 1 N–H and O–H groups in total. The van der Waals surface area contributed by atoms with Crippen molar-refractivity contribution in [3.63, 3.8) is 0 Å². The van der Waals surface area contributed by atoms with Crippen LogP contribution in [0.1, 0.15) is 37.6 Å². The summed E-state index contributed by atoms with van der Waals surface area (Å²) in [5.41, 5.74) is 1.34. The Bertz CT molecular complexity index is 478. The summed E-state index contributed by atoms with van der Waals surface area (Å²) < 4.78 is 6.64. The maximum atomic E-state index is 5.36. The van der Waals surface area contributed by atoms with Gasteiger partial charge in [-0.1, -0.05) is 12.1 Å². The molecule has 0 aliphatic heterocycles. The summed E-state index contributed by atoms with van der Waals surface area (Å²) in [6, 6.07) is 13.5. The van der Waals surface area contributed by atoms with Crippen LogP contribution in [0.2, 0.25) is 0 Å². The lowest BCUT2D eigenvalue weighted by Crippen LogP contribution is -2.29. The van der Waals surface area contributed by atoms with Crippen molar-refractivity contribution in [2.45, 2.75) is 38.8 Å². The second-order valence-electron chi connectivity index (χ2n) is 4.96. The summed E-state index contributed by atoms with van der Waals surface area (Å²) in [5, 5.41) is 3.63. The Labute approximate surface area is 128 Å². The van der Waals surface area contributed by atoms with E-state index in [-0.39, 0.29) is 0 Å². The van der Waals surface area contributed by atoms with Gasteiger partial charge in [0, 0.05) is 22.1 Å². The minimum atomic E-state index is 0.378. The highest BCUT2D eigenvalue weighted by Gasteiger charge is 2.10. The Balaban J connectivity index is 1.81. The molecular formula is C16H20INO. The first-order chi connectivity index (χ1) is 9.15. The van der Waals surface area contributed by atoms with Crippen molar-refractivity contribution in [3.8, 4) is 0 Å². The molecule has 3 heteroatoms. The molecule has 1 aromatic carbocycles. The zero-order valence-electron chi connectivity index (χ0n) is 11.4. The van der Waals surface area contributed by atoms with Crippen molar-refractivity contribution in [1.82, 2.24) is 5.32 Å². The van der Waals surface area contributed by atoms with Gasteiger partial charge in [0.1, 0.15) is 5.76 Å². The van der Waals surface area contributed by atoms with Crippen LogP contribution in [-0.2, 0) is 6.42 Å². The van der Waals surface area contributed by atoms with Gasteiger partial charge in [0.25, 0.3) is 0 Å². The molecule has 102 valence electrons. The van der Waals surface area contributed by atoms with Gasteiger partial charge in [0.05, 0.1) is 6.26 Å². The molecule has 0 saturated heterocycles. The van der Waals surface area contributed by atoms with E-state index in [2.05, 4.69) is 66.0 Å². The Hall–Kier alpha value is -0.810. The summed E-state index contributed by atoms with van der Waals surface area (Å²) in [6.07, 6.45) is 3.81. The molecule has 1 heterocycles. The van der Waals surface area contributed by atoms with Crippen molar-refractivity contribution >= 4 is 22.6 Å². The first-order valence-electron chi connectivity index (χ1n) is 6.69. The Morgan fingerprint density at radius 2 is 1.89 bits per heavy atom. The highest BCUT2D eigenvalue weighted by atomic mass is 127. The topological polar surface area (TPSA) is 25.2 Å². The predicted molar refractivity (Wildman–Crippen MR) is 87.2 cm³/mol. The van der Waals surface area contributed by atoms with E-state index in [4.69, 9.17) is 4.42 Å². The molecule has 0 amide bonds. The highest BCUT2D eigenvalue weighted by molar-refractivity contribution is 14.1. The van der Waals surface area contributed by atoms with Crippen LogP contribution < -0.4 is 5.32 Å². The number of hydrogen-bond donors (Lipinski definition) is 1. The van der Waals surface area contributed by atoms with Gasteiger partial charge in [-0.25, -0.2) is 0 Å². The van der Waals surface area contributed by atoms with E-state index < -0.39 is 0 Å². The molecular weight excluding hydrogens is 349 g/mol. The van der Waals surface area contributed by atoms with Gasteiger partial charge in [0.2, 0.25) is 0 Å². The van der Waals surface area contributed by atoms with Crippen LogP contribution in [0.3, 0.4) is 0 Å². The van der Waals surface area contributed by atoms with Gasteiger partial charge in [-0.2, -0.15) is 0 Å². The molecule has 0 spiro atoms. The minimum absolute atomic E-state index is 0.378. The zero-order valence-corrected chi connectivity index (χ0v) is 13.6. The first-order valence-corrected chi connectivity index (χ1v) is 7.77. The fourth-order valence-corrected chi connectivity index (χ4v) is 2.53. The molecule has 2 unspecified atom stereocenters. The van der Waals surface area contributed by atoms with Gasteiger partial charge < -0.3 is 9.73 Å². The highest BCUT2D eigenvalue weighted by Crippen LogP contribution is 2.16. The number of rotatable bonds is 6. The zero-order chi connectivity index (χ0) is 13.7. The lowest BCUT2D eigenvalue weighted by atomic mass is 10.1. The van der Waals surface area contributed by atoms with Crippen molar-refractivity contribution < 1.29 is 4.42 Å². The van der Waals surface area contributed by atoms with Crippen molar-refractivity contribution in [2.24, 2.45) is 0 Å². The van der Waals surface area contributed by atoms with E-state index in [1.54, 1.807) is 6.26 Å². The molecule has 2 aromatic rings. The normalized spacial score (nSPS) is 14.3. The van der Waals surface area contributed by atoms with Gasteiger partial charge in [-0.05, 0) is 72.7 Å². The fraction of sp³-hybridized carbons (Fsp3) is 0.375. The minimum Gasteiger partial charge on any atom is -0.469 e. The standard InChI is InChI=1S/C16H20INO/c1-12(5-10-16-4-3-11-19-16)18-13(2)14-6-8-15(17)9-7-14/h3-4,6-9,11-13,18H,5,10H2,1-2H3. The molecule has 19 heavy (non-hydrogen) atoms. The summed E-state index contributed by atoms with van der Waals surface area (Å²) in [6.45, 7) is 4.44. The molecule has 0 aliphatic rings. The van der Waals surface area contributed by atoms with E-state index in [0.717, 1.165) is 18.6 Å². The monoisotopic (exact) mass is 369 g/mol. The number of nitrogens with one attached hydrogen (secondary N) is 1. The van der Waals surface area contributed by atoms with Crippen LogP contribution in [0.25, 0.3) is 0 Å². The molecule has 0 bridgehead atoms. The fourth-order valence-electron chi connectivity index (χ4n) is 2.17. The van der Waals surface area contributed by atoms with Gasteiger partial charge in [0.15, 0.2) is 0 Å². The third-order valence-corrected chi connectivity index (χ3v) is 4.03. The quantitative estimate of drug-likeness (QED) is 0.756. The lowest BCUT2D eigenvalue weighted by molar-refractivity contribution is 0.430. The number of halogens is 1. The molecule has 0 saturated carbocycles. The Morgan fingerprint density at radius 3 is 2.53 bits per heavy atom. The van der Waals surface area contributed by atoms with Crippen LogP contribution in [-0.4, -0.2) is 6.04 Å². The van der Waals surface area contributed by atoms with Gasteiger partial charge >= 0.3 is 0 Å². The van der Waals surface area contributed by atoms with Crippen LogP contribution in [0.4, 0.5) is 0 Å². The number of aryl methyl sites for hydroxylation is 1. The molecule has 0 fully saturated rings. The second-order valence-corrected chi connectivity index (χ2v) is 6.20. The number of benzene rings is 1. The van der Waals surface area contributed by atoms with E-state index in [0.29, 0.717) is 12.1 Å². The molecule has 2 atom stereocenters. The van der Waals surface area contributed by atoms with Crippen molar-refractivity contribution in [2.75, 3.05) is 0 Å². The van der Waals surface area contributed by atoms with Gasteiger partial charge in [-0.3, -0.25) is 0 Å². The van der Waals surface area contributed by atoms with Crippen molar-refractivity contribution in [1.29, 1.82) is 0 Å². The van der Waals surface area contributed by atoms with E-state index in [1.807, 2.05) is 12.1 Å². The lowest BCUT2D eigenvalue weighted by Gasteiger charge is -2.20. The summed E-state index contributed by atoms with van der Waals surface area (Å²) in [5.74, 6) is 1.07. The molecule has 2 rings (SSSR count). The largest absolute Gasteiger partial charge is 0.469 e. The summed E-state index contributed by atoms with van der Waals surface area (Å²) in [7, 11) is 0. The van der Waals surface area contributed by atoms with Crippen LogP contribution >= 0.6 is 22.6 Å². The van der Waals surface area contributed by atoms with E-state index in [1.165, 1.54) is 9.13 Å². The Morgan fingerprint density at radius 1 is 1.16 bits per heavy atom. The third-order valence-electron chi connectivity index (χ3n) is 3.31. The molecule has 1 aromatic heterocycles. The Kier molecular flexibility index (Phi) is 5.45. The summed E-state index contributed by atoms with van der Waals surface area (Å²) in [4.78, 5) is 0. The summed E-state index contributed by atoms with van der Waals surface area (Å²) >= 11 is 2.33. The average Bonchev–Trinajstić information content (AvgIpc) is 2.90. The molecule has 2 nitrogen and oxygen atoms in total. The van der Waals surface area contributed by atoms with E-state index >= 15 is 0 Å². The van der Waals surface area contributed by atoms with Crippen LogP contribution in [0, 0.1) is 3.57 Å². The number of hydrogen-bond acceptors (Lipinski definition) is 2. The van der Waals surface area contributed by atoms with Crippen molar-refractivity contribution in [3.05, 3.63) is 57.6 Å². The SMILES string of the molecule is CC(CCc1ccco1)NC(C)c1ccc(I)cc1. The maximum absolute atomic E-state index is 5.36. The third kappa shape index (κ3) is 4.66.